The van der Waals surface area contributed by atoms with Crippen LogP contribution in [0.25, 0.3) is 0 Å². The number of nitrogens with one attached hydrogen (secondary N) is 1. The zero-order valence-electron chi connectivity index (χ0n) is 11.2. The van der Waals surface area contributed by atoms with Gasteiger partial charge in [0.05, 0.1) is 10.7 Å². The van der Waals surface area contributed by atoms with Gasteiger partial charge < -0.3 is 11.1 Å². The number of nitrogens with zero attached hydrogens (tertiary/aromatic N) is 3. The third-order valence-corrected chi connectivity index (χ3v) is 3.48. The molecule has 1 amide bonds. The summed E-state index contributed by atoms with van der Waals surface area (Å²) in [6, 6.07) is 7.50. The first-order valence-electron chi connectivity index (χ1n) is 6.25. The second-order valence-corrected chi connectivity index (χ2v) is 5.35. The molecule has 0 aliphatic carbocycles. The van der Waals surface area contributed by atoms with Gasteiger partial charge in [-0.3, -0.25) is 4.79 Å². The summed E-state index contributed by atoms with van der Waals surface area (Å²) < 4.78 is 1.50. The molecule has 0 aromatic carbocycles. The first kappa shape index (κ1) is 14.4. The molecule has 106 valence electrons. The van der Waals surface area contributed by atoms with Gasteiger partial charge in [-0.2, -0.15) is 5.10 Å². The Kier molecular flexibility index (Phi) is 5.00. The zero-order valence-corrected chi connectivity index (χ0v) is 12.1. The molecule has 20 heavy (non-hydrogen) atoms. The smallest absolute Gasteiger partial charge is 0.241 e. The Balaban J connectivity index is 1.69. The minimum absolute atomic E-state index is 0.0959. The second-order valence-electron chi connectivity index (χ2n) is 4.23. The Morgan fingerprint density at radius 1 is 1.50 bits per heavy atom. The third-order valence-electron chi connectivity index (χ3n) is 2.54. The Morgan fingerprint density at radius 2 is 2.35 bits per heavy atom. The molecular weight excluding hydrogens is 274 g/mol. The number of nitrogens with two attached hydrogens (primary N) is 1. The van der Waals surface area contributed by atoms with Crippen molar-refractivity contribution in [3.63, 3.8) is 0 Å². The molecule has 0 aliphatic heterocycles. The highest BCUT2D eigenvalue weighted by Gasteiger charge is 2.07. The monoisotopic (exact) mass is 291 g/mol. The van der Waals surface area contributed by atoms with E-state index in [1.807, 2.05) is 25.1 Å². The summed E-state index contributed by atoms with van der Waals surface area (Å²) in [6.07, 6.45) is 1.75. The summed E-state index contributed by atoms with van der Waals surface area (Å²) in [6.45, 7) is 2.57. The van der Waals surface area contributed by atoms with E-state index in [0.29, 0.717) is 12.4 Å². The van der Waals surface area contributed by atoms with Crippen molar-refractivity contribution in [3.05, 3.63) is 36.2 Å². The molecule has 3 N–H and O–H groups in total. The molecule has 0 atom stereocenters. The maximum atomic E-state index is 11.7. The lowest BCUT2D eigenvalue weighted by atomic mass is 10.5. The number of pyridine rings is 1. The van der Waals surface area contributed by atoms with Crippen molar-refractivity contribution >= 4 is 23.5 Å². The second kappa shape index (κ2) is 6.95. The minimum Gasteiger partial charge on any atom is -0.384 e. The minimum atomic E-state index is -0.0959. The van der Waals surface area contributed by atoms with Crippen LogP contribution in [0.1, 0.15) is 5.69 Å². The number of carbonyl (C=O) groups is 1. The van der Waals surface area contributed by atoms with Gasteiger partial charge in [0.1, 0.15) is 12.4 Å². The largest absolute Gasteiger partial charge is 0.384 e. The highest BCUT2D eigenvalue weighted by molar-refractivity contribution is 7.99. The van der Waals surface area contributed by atoms with Crippen LogP contribution in [0.2, 0.25) is 0 Å². The van der Waals surface area contributed by atoms with Crippen molar-refractivity contribution in [2.45, 2.75) is 18.5 Å². The first-order valence-corrected chi connectivity index (χ1v) is 7.24. The number of carbonyl (C=O) groups excluding carboxylic acids is 1. The fraction of sp³-hybridized carbons (Fsp3) is 0.308. The molecule has 7 heteroatoms. The molecule has 2 heterocycles. The lowest BCUT2D eigenvalue weighted by Gasteiger charge is -2.06. The number of aromatic nitrogens is 3. The predicted molar refractivity (Wildman–Crippen MR) is 79.3 cm³/mol. The average Bonchev–Trinajstić information content (AvgIpc) is 2.74. The number of nitrogen functional groups attached to an aromatic ring is 1. The zero-order chi connectivity index (χ0) is 14.4. The van der Waals surface area contributed by atoms with Crippen LogP contribution in [0.4, 0.5) is 5.82 Å². The van der Waals surface area contributed by atoms with E-state index in [1.54, 1.807) is 24.0 Å². The van der Waals surface area contributed by atoms with Crippen LogP contribution >= 0.6 is 11.8 Å². The average molecular weight is 291 g/mol. The Morgan fingerprint density at radius 3 is 3.00 bits per heavy atom. The number of hydrogen-bond donors (Lipinski definition) is 2. The van der Waals surface area contributed by atoms with Crippen molar-refractivity contribution in [1.82, 2.24) is 20.1 Å². The molecule has 2 aromatic heterocycles. The van der Waals surface area contributed by atoms with Gasteiger partial charge in [0.15, 0.2) is 0 Å². The highest BCUT2D eigenvalue weighted by atomic mass is 32.2. The molecule has 0 aliphatic rings. The van der Waals surface area contributed by atoms with Crippen molar-refractivity contribution in [2.24, 2.45) is 0 Å². The lowest BCUT2D eigenvalue weighted by molar-refractivity contribution is -0.121. The quantitative estimate of drug-likeness (QED) is 0.614. The molecule has 0 bridgehead atoms. The van der Waals surface area contributed by atoms with Crippen LogP contribution in [-0.2, 0) is 11.3 Å². The summed E-state index contributed by atoms with van der Waals surface area (Å²) >= 11 is 1.60. The van der Waals surface area contributed by atoms with E-state index in [9.17, 15) is 4.79 Å². The number of amides is 1. The SMILES string of the molecule is Cc1cc(N)n(CC(=O)NCCSc2ccccn2)n1. The van der Waals surface area contributed by atoms with E-state index in [0.717, 1.165) is 16.5 Å². The molecule has 0 unspecified atom stereocenters. The standard InChI is InChI=1S/C13H17N5OS/c1-10-8-11(14)18(17-10)9-12(19)15-6-7-20-13-4-2-3-5-16-13/h2-5,8H,6-7,9,14H2,1H3,(H,15,19). The van der Waals surface area contributed by atoms with Gasteiger partial charge >= 0.3 is 0 Å². The van der Waals surface area contributed by atoms with E-state index in [1.165, 1.54) is 4.68 Å². The summed E-state index contributed by atoms with van der Waals surface area (Å²) in [5.74, 6) is 1.18. The van der Waals surface area contributed by atoms with Crippen LogP contribution in [-0.4, -0.2) is 33.0 Å². The van der Waals surface area contributed by atoms with Gasteiger partial charge in [-0.05, 0) is 19.1 Å². The maximum absolute atomic E-state index is 11.7. The number of aryl methyl sites for hydroxylation is 1. The van der Waals surface area contributed by atoms with Gasteiger partial charge in [0.25, 0.3) is 0 Å². The van der Waals surface area contributed by atoms with Gasteiger partial charge in [-0.25, -0.2) is 9.67 Å². The van der Waals surface area contributed by atoms with Crippen molar-refractivity contribution < 1.29 is 4.79 Å². The van der Waals surface area contributed by atoms with Crippen molar-refractivity contribution in [3.8, 4) is 0 Å². The van der Waals surface area contributed by atoms with Gasteiger partial charge in [0.2, 0.25) is 5.91 Å². The predicted octanol–water partition coefficient (Wildman–Crippen LogP) is 1.08. The first-order chi connectivity index (χ1) is 9.65. The van der Waals surface area contributed by atoms with Crippen LogP contribution in [0, 0.1) is 6.92 Å². The Labute approximate surface area is 121 Å². The lowest BCUT2D eigenvalue weighted by Crippen LogP contribution is -2.30. The molecule has 6 nitrogen and oxygen atoms in total. The highest BCUT2D eigenvalue weighted by Crippen LogP contribution is 2.12. The fourth-order valence-electron chi connectivity index (χ4n) is 1.66. The van der Waals surface area contributed by atoms with E-state index < -0.39 is 0 Å². The fourth-order valence-corrected chi connectivity index (χ4v) is 2.39. The number of hydrogen-bond acceptors (Lipinski definition) is 5. The van der Waals surface area contributed by atoms with Crippen LogP contribution < -0.4 is 11.1 Å². The number of rotatable bonds is 6. The molecule has 0 saturated carbocycles. The normalized spacial score (nSPS) is 10.4. The Hall–Kier alpha value is -2.02. The van der Waals surface area contributed by atoms with E-state index in [4.69, 9.17) is 5.73 Å². The van der Waals surface area contributed by atoms with Gasteiger partial charge in [0, 0.05) is 24.6 Å². The van der Waals surface area contributed by atoms with Crippen LogP contribution in [0.5, 0.6) is 0 Å². The van der Waals surface area contributed by atoms with E-state index >= 15 is 0 Å². The summed E-state index contributed by atoms with van der Waals surface area (Å²) in [5, 5.41) is 7.93. The van der Waals surface area contributed by atoms with Crippen LogP contribution in [0.15, 0.2) is 35.5 Å². The van der Waals surface area contributed by atoms with E-state index in [2.05, 4.69) is 15.4 Å². The molecule has 0 spiro atoms. The van der Waals surface area contributed by atoms with Gasteiger partial charge in [-0.1, -0.05) is 6.07 Å². The van der Waals surface area contributed by atoms with Crippen LogP contribution in [0.3, 0.4) is 0 Å². The number of thioether (sulfide) groups is 1. The molecule has 2 aromatic rings. The van der Waals surface area contributed by atoms with Crippen molar-refractivity contribution in [1.29, 1.82) is 0 Å². The van der Waals surface area contributed by atoms with E-state index in [-0.39, 0.29) is 12.5 Å². The summed E-state index contributed by atoms with van der Waals surface area (Å²) in [7, 11) is 0. The molecular formula is C13H17N5OS. The molecule has 2 rings (SSSR count). The Bertz CT molecular complexity index is 569. The summed E-state index contributed by atoms with van der Waals surface area (Å²) in [4.78, 5) is 15.9. The molecule has 0 saturated heterocycles. The van der Waals surface area contributed by atoms with Crippen molar-refractivity contribution in [2.75, 3.05) is 18.0 Å². The maximum Gasteiger partial charge on any atom is 0.241 e. The number of anilines is 1. The molecule has 0 radical (unpaired) electrons. The topological polar surface area (TPSA) is 85.8 Å². The molecule has 0 fully saturated rings. The van der Waals surface area contributed by atoms with Gasteiger partial charge in [-0.15, -0.1) is 11.8 Å². The third kappa shape index (κ3) is 4.27. The summed E-state index contributed by atoms with van der Waals surface area (Å²) in [5.41, 5.74) is 6.54.